The maximum absolute atomic E-state index is 13.3. The molecule has 0 radical (unpaired) electrons. The zero-order chi connectivity index (χ0) is 21.9. The normalized spacial score (nSPS) is 13.1. The van der Waals surface area contributed by atoms with Crippen molar-refractivity contribution in [3.63, 3.8) is 0 Å². The average molecular weight is 409 g/mol. The highest BCUT2D eigenvalue weighted by molar-refractivity contribution is 5.98. The number of benzene rings is 1. The molecule has 0 saturated heterocycles. The van der Waals surface area contributed by atoms with E-state index in [1.807, 2.05) is 32.0 Å². The van der Waals surface area contributed by atoms with Crippen LogP contribution >= 0.6 is 0 Å². The molecular weight excluding hydrogens is 382 g/mol. The number of ketones is 1. The Morgan fingerprint density at radius 2 is 2.03 bits per heavy atom. The second-order valence-corrected chi connectivity index (χ2v) is 7.52. The Hall–Kier alpha value is -3.19. The zero-order valence-corrected chi connectivity index (χ0v) is 17.7. The molecule has 2 aromatic heterocycles. The number of amides is 1. The van der Waals surface area contributed by atoms with Crippen LogP contribution in [0.15, 0.2) is 42.6 Å². The van der Waals surface area contributed by atoms with Gasteiger partial charge in [0.15, 0.2) is 17.2 Å². The van der Waals surface area contributed by atoms with E-state index in [-0.39, 0.29) is 24.7 Å². The van der Waals surface area contributed by atoms with Gasteiger partial charge in [0.05, 0.1) is 18.9 Å². The van der Waals surface area contributed by atoms with Crippen LogP contribution in [0.25, 0.3) is 5.65 Å². The summed E-state index contributed by atoms with van der Waals surface area (Å²) >= 11 is 0. The summed E-state index contributed by atoms with van der Waals surface area (Å²) in [4.78, 5) is 29.9. The van der Waals surface area contributed by atoms with Gasteiger partial charge in [0.1, 0.15) is 5.69 Å². The quantitative estimate of drug-likeness (QED) is 0.558. The van der Waals surface area contributed by atoms with Gasteiger partial charge in [-0.3, -0.25) is 14.0 Å². The lowest BCUT2D eigenvalue weighted by atomic mass is 9.78. The molecule has 0 aliphatic carbocycles. The minimum absolute atomic E-state index is 0.0637. The first kappa shape index (κ1) is 21.5. The number of carbonyl (C=O) groups excluding carboxylic acids is 2. The number of imidazole rings is 1. The van der Waals surface area contributed by atoms with Crippen LogP contribution < -0.4 is 10.1 Å². The number of pyridine rings is 1. The first-order valence-corrected chi connectivity index (χ1v) is 9.91. The van der Waals surface area contributed by atoms with Gasteiger partial charge in [-0.25, -0.2) is 4.98 Å². The Bertz CT molecular complexity index is 1090. The Morgan fingerprint density at radius 3 is 2.70 bits per heavy atom. The number of nitrogens with zero attached hydrogens (tertiary/aromatic N) is 2. The van der Waals surface area contributed by atoms with Gasteiger partial charge >= 0.3 is 0 Å². The molecule has 7 nitrogen and oxygen atoms in total. The third-order valence-corrected chi connectivity index (χ3v) is 5.30. The van der Waals surface area contributed by atoms with E-state index in [0.29, 0.717) is 35.0 Å². The summed E-state index contributed by atoms with van der Waals surface area (Å²) in [7, 11) is 1.56. The molecule has 7 heteroatoms. The lowest BCUT2D eigenvalue weighted by Gasteiger charge is -2.27. The van der Waals surface area contributed by atoms with E-state index in [1.54, 1.807) is 42.8 Å². The van der Waals surface area contributed by atoms with Gasteiger partial charge < -0.3 is 15.2 Å². The smallest absolute Gasteiger partial charge is 0.251 e. The molecule has 2 heterocycles. The van der Waals surface area contributed by atoms with E-state index >= 15 is 0 Å². The van der Waals surface area contributed by atoms with Crippen molar-refractivity contribution in [2.24, 2.45) is 0 Å². The lowest BCUT2D eigenvalue weighted by molar-refractivity contribution is 0.0912. The van der Waals surface area contributed by atoms with Gasteiger partial charge in [-0.05, 0) is 43.7 Å². The summed E-state index contributed by atoms with van der Waals surface area (Å²) in [5, 5.41) is 12.8. The molecule has 1 amide bonds. The highest BCUT2D eigenvalue weighted by Gasteiger charge is 2.32. The van der Waals surface area contributed by atoms with Gasteiger partial charge in [-0.2, -0.15) is 0 Å². The van der Waals surface area contributed by atoms with Gasteiger partial charge in [-0.1, -0.05) is 19.1 Å². The monoisotopic (exact) mass is 409 g/mol. The fourth-order valence-electron chi connectivity index (χ4n) is 3.63. The largest absolute Gasteiger partial charge is 0.490 e. The van der Waals surface area contributed by atoms with Crippen molar-refractivity contribution < 1.29 is 19.4 Å². The Morgan fingerprint density at radius 1 is 1.27 bits per heavy atom. The molecule has 158 valence electrons. The van der Waals surface area contributed by atoms with Crippen molar-refractivity contribution in [3.05, 3.63) is 65.1 Å². The predicted molar refractivity (Wildman–Crippen MR) is 114 cm³/mol. The molecule has 0 bridgehead atoms. The number of fused-ring (bicyclic) bond motifs is 1. The molecular formula is C23H27N3O4. The molecule has 2 N–H and O–H groups in total. The molecule has 1 atom stereocenters. The Kier molecular flexibility index (Phi) is 6.22. The molecule has 0 unspecified atom stereocenters. The van der Waals surface area contributed by atoms with Crippen molar-refractivity contribution >= 4 is 17.3 Å². The maximum atomic E-state index is 13.3. The van der Waals surface area contributed by atoms with Crippen LogP contribution in [0.4, 0.5) is 0 Å². The number of hydrogen-bond acceptors (Lipinski definition) is 5. The molecule has 0 aliphatic heterocycles. The van der Waals surface area contributed by atoms with Crippen LogP contribution in [0.2, 0.25) is 0 Å². The second-order valence-electron chi connectivity index (χ2n) is 7.52. The summed E-state index contributed by atoms with van der Waals surface area (Å²) in [5.74, 6) is 0.255. The van der Waals surface area contributed by atoms with Crippen LogP contribution in [0.5, 0.6) is 5.75 Å². The lowest BCUT2D eigenvalue weighted by Crippen LogP contribution is -2.31. The number of carbonyl (C=O) groups is 2. The van der Waals surface area contributed by atoms with Crippen molar-refractivity contribution in [1.29, 1.82) is 0 Å². The molecule has 0 fully saturated rings. The topological polar surface area (TPSA) is 92.9 Å². The third kappa shape index (κ3) is 3.93. The van der Waals surface area contributed by atoms with Gasteiger partial charge in [-0.15, -0.1) is 0 Å². The van der Waals surface area contributed by atoms with Crippen molar-refractivity contribution in [3.8, 4) is 5.75 Å². The second kappa shape index (κ2) is 8.67. The first-order valence-electron chi connectivity index (χ1n) is 9.91. The van der Waals surface area contributed by atoms with Crippen LogP contribution in [0.3, 0.4) is 0 Å². The Labute approximate surface area is 175 Å². The average Bonchev–Trinajstić information content (AvgIpc) is 3.10. The highest BCUT2D eigenvalue weighted by Crippen LogP contribution is 2.31. The summed E-state index contributed by atoms with van der Waals surface area (Å²) < 4.78 is 7.37. The van der Waals surface area contributed by atoms with Crippen LogP contribution in [0, 0.1) is 6.92 Å². The maximum Gasteiger partial charge on any atom is 0.251 e. The molecule has 0 saturated carbocycles. The highest BCUT2D eigenvalue weighted by atomic mass is 16.5. The molecule has 0 spiro atoms. The number of Topliss-reactive ketones (excluding diaryl/α,β-unsaturated/α-hetero) is 1. The van der Waals surface area contributed by atoms with E-state index in [1.165, 1.54) is 0 Å². The molecule has 3 rings (SSSR count). The van der Waals surface area contributed by atoms with Gasteiger partial charge in [0, 0.05) is 30.6 Å². The minimum atomic E-state index is -0.852. The van der Waals surface area contributed by atoms with Crippen molar-refractivity contribution in [2.75, 3.05) is 20.3 Å². The van der Waals surface area contributed by atoms with Crippen LogP contribution in [0.1, 0.15) is 52.4 Å². The number of aliphatic hydroxyl groups excluding tert-OH is 1. The minimum Gasteiger partial charge on any atom is -0.490 e. The number of aromatic nitrogens is 2. The standard InChI is InChI=1S/C23H27N3O4/c1-5-30-19-10-7-11-26-20(15(2)25-21(19)26)18(28)13-23(3,14-27)17-9-6-8-16(12-17)22(29)24-4/h6-12,27H,5,13-14H2,1-4H3,(H,24,29)/t23-/m0/s1. The van der Waals surface area contributed by atoms with Gasteiger partial charge in [0.25, 0.3) is 5.91 Å². The number of aliphatic hydroxyl groups is 1. The number of aryl methyl sites for hydroxylation is 1. The third-order valence-electron chi connectivity index (χ3n) is 5.30. The molecule has 1 aromatic carbocycles. The van der Waals surface area contributed by atoms with E-state index in [9.17, 15) is 14.7 Å². The number of nitrogens with one attached hydrogen (secondary N) is 1. The summed E-state index contributed by atoms with van der Waals surface area (Å²) in [6.45, 7) is 5.76. The van der Waals surface area contributed by atoms with Gasteiger partial charge in [0.2, 0.25) is 0 Å². The number of hydrogen-bond donors (Lipinski definition) is 2. The fraction of sp³-hybridized carbons (Fsp3) is 0.348. The summed E-state index contributed by atoms with van der Waals surface area (Å²) in [6.07, 6.45) is 1.85. The van der Waals surface area contributed by atoms with Crippen LogP contribution in [-0.4, -0.2) is 46.4 Å². The van der Waals surface area contributed by atoms with Crippen molar-refractivity contribution in [2.45, 2.75) is 32.6 Å². The molecule has 3 aromatic rings. The van der Waals surface area contributed by atoms with Crippen molar-refractivity contribution in [1.82, 2.24) is 14.7 Å². The summed E-state index contributed by atoms with van der Waals surface area (Å²) in [6, 6.07) is 10.6. The van der Waals surface area contributed by atoms with E-state index in [2.05, 4.69) is 10.3 Å². The number of rotatable bonds is 8. The zero-order valence-electron chi connectivity index (χ0n) is 17.7. The van der Waals surface area contributed by atoms with E-state index in [0.717, 1.165) is 5.56 Å². The predicted octanol–water partition coefficient (Wildman–Crippen LogP) is 2.92. The summed E-state index contributed by atoms with van der Waals surface area (Å²) in [5.41, 5.74) is 2.01. The fourth-order valence-corrected chi connectivity index (χ4v) is 3.63. The SMILES string of the molecule is CCOc1cccn2c(C(=O)C[C@@](C)(CO)c3cccc(C(=O)NC)c3)c(C)nc12. The van der Waals surface area contributed by atoms with E-state index < -0.39 is 5.41 Å². The van der Waals surface area contributed by atoms with Crippen LogP contribution in [-0.2, 0) is 5.41 Å². The first-order chi connectivity index (χ1) is 14.3. The van der Waals surface area contributed by atoms with E-state index in [4.69, 9.17) is 4.74 Å². The number of ether oxygens (including phenoxy) is 1. The molecule has 30 heavy (non-hydrogen) atoms. The molecule has 0 aliphatic rings. The Balaban J connectivity index is 1.99.